The first-order valence-electron chi connectivity index (χ1n) is 8.16. The number of methoxy groups -OCH3 is 1. The summed E-state index contributed by atoms with van der Waals surface area (Å²) in [5.41, 5.74) is 0.911. The molecule has 0 unspecified atom stereocenters. The van der Waals surface area contributed by atoms with Crippen LogP contribution < -0.4 is 10.1 Å². The molecule has 3 rings (SSSR count). The molecule has 2 N–H and O–H groups in total. The molecule has 126 valence electrons. The second-order valence-electron chi connectivity index (χ2n) is 6.23. The summed E-state index contributed by atoms with van der Waals surface area (Å²) >= 11 is 0. The fraction of sp³-hybridized carbons (Fsp3) is 0.368. The molecule has 2 atom stereocenters. The van der Waals surface area contributed by atoms with Crippen LogP contribution in [0.4, 0.5) is 0 Å². The minimum absolute atomic E-state index is 0.136. The second-order valence-corrected chi connectivity index (χ2v) is 6.23. The standard InChI is InChI=1S/C19H21NO4/c1-24-14-9-8-12-4-2-5-13(16(12)11-14)10-18(21)20-17-7-3-6-15(17)19(22)23/h2,4-5,8-9,11,15,17H,3,6-7,10H2,1H3,(H,20,21)(H,22,23)/t15-,17+/m0/s1. The van der Waals surface area contributed by atoms with Crippen molar-refractivity contribution in [2.75, 3.05) is 7.11 Å². The lowest BCUT2D eigenvalue weighted by atomic mass is 10.0. The van der Waals surface area contributed by atoms with Gasteiger partial charge in [0.25, 0.3) is 0 Å². The van der Waals surface area contributed by atoms with E-state index >= 15 is 0 Å². The van der Waals surface area contributed by atoms with Crippen LogP contribution in [-0.4, -0.2) is 30.1 Å². The van der Waals surface area contributed by atoms with Gasteiger partial charge in [-0.05, 0) is 41.3 Å². The van der Waals surface area contributed by atoms with Crippen LogP contribution in [0.1, 0.15) is 24.8 Å². The molecule has 1 saturated carbocycles. The van der Waals surface area contributed by atoms with E-state index in [-0.39, 0.29) is 18.4 Å². The molecule has 1 fully saturated rings. The number of aliphatic carboxylic acids is 1. The predicted molar refractivity (Wildman–Crippen MR) is 91.1 cm³/mol. The summed E-state index contributed by atoms with van der Waals surface area (Å²) in [6.45, 7) is 0. The van der Waals surface area contributed by atoms with Crippen molar-refractivity contribution in [3.8, 4) is 5.75 Å². The number of carbonyl (C=O) groups excluding carboxylic acids is 1. The molecule has 0 bridgehead atoms. The number of carboxylic acids is 1. The first-order valence-corrected chi connectivity index (χ1v) is 8.16. The molecule has 0 radical (unpaired) electrons. The number of hydrogen-bond donors (Lipinski definition) is 2. The maximum Gasteiger partial charge on any atom is 0.308 e. The summed E-state index contributed by atoms with van der Waals surface area (Å²) in [5.74, 6) is -0.685. The van der Waals surface area contributed by atoms with Crippen molar-refractivity contribution in [3.63, 3.8) is 0 Å². The highest BCUT2D eigenvalue weighted by Crippen LogP contribution is 2.27. The number of carboxylic acid groups (broad SMARTS) is 1. The van der Waals surface area contributed by atoms with Gasteiger partial charge >= 0.3 is 5.97 Å². The largest absolute Gasteiger partial charge is 0.497 e. The van der Waals surface area contributed by atoms with Gasteiger partial charge in [0.2, 0.25) is 5.91 Å². The number of fused-ring (bicyclic) bond motifs is 1. The van der Waals surface area contributed by atoms with Crippen LogP contribution in [0.15, 0.2) is 36.4 Å². The van der Waals surface area contributed by atoms with E-state index in [0.717, 1.165) is 34.9 Å². The molecule has 0 spiro atoms. The summed E-state index contributed by atoms with van der Waals surface area (Å²) < 4.78 is 5.26. The molecule has 5 nitrogen and oxygen atoms in total. The van der Waals surface area contributed by atoms with Gasteiger partial charge < -0.3 is 15.2 Å². The van der Waals surface area contributed by atoms with Gasteiger partial charge in [0.1, 0.15) is 5.75 Å². The number of amides is 1. The maximum atomic E-state index is 12.4. The molecular weight excluding hydrogens is 306 g/mol. The predicted octanol–water partition coefficient (Wildman–Crippen LogP) is 2.76. The Hall–Kier alpha value is -2.56. The van der Waals surface area contributed by atoms with Crippen molar-refractivity contribution in [3.05, 3.63) is 42.0 Å². The highest BCUT2D eigenvalue weighted by atomic mass is 16.5. The number of hydrogen-bond acceptors (Lipinski definition) is 3. The first-order chi connectivity index (χ1) is 11.6. The van der Waals surface area contributed by atoms with Crippen molar-refractivity contribution < 1.29 is 19.4 Å². The van der Waals surface area contributed by atoms with Gasteiger partial charge in [-0.15, -0.1) is 0 Å². The molecule has 1 amide bonds. The van der Waals surface area contributed by atoms with Crippen LogP contribution in [0.3, 0.4) is 0 Å². The Bertz CT molecular complexity index is 771. The lowest BCUT2D eigenvalue weighted by Crippen LogP contribution is -2.40. The minimum Gasteiger partial charge on any atom is -0.497 e. The molecule has 0 aliphatic heterocycles. The molecule has 0 heterocycles. The van der Waals surface area contributed by atoms with Gasteiger partial charge in [0, 0.05) is 6.04 Å². The molecular formula is C19H21NO4. The second kappa shape index (κ2) is 6.91. The Labute approximate surface area is 140 Å². The van der Waals surface area contributed by atoms with E-state index in [0.29, 0.717) is 6.42 Å². The molecule has 0 aromatic heterocycles. The van der Waals surface area contributed by atoms with Gasteiger partial charge in [-0.1, -0.05) is 30.7 Å². The number of rotatable bonds is 5. The molecule has 1 aliphatic rings. The number of benzene rings is 2. The monoisotopic (exact) mass is 327 g/mol. The smallest absolute Gasteiger partial charge is 0.308 e. The molecule has 0 saturated heterocycles. The third-order valence-corrected chi connectivity index (χ3v) is 4.71. The Kier molecular flexibility index (Phi) is 4.69. The normalized spacial score (nSPS) is 20.0. The summed E-state index contributed by atoms with van der Waals surface area (Å²) in [5, 5.41) is 14.1. The van der Waals surface area contributed by atoms with Gasteiger partial charge in [-0.25, -0.2) is 0 Å². The summed E-state index contributed by atoms with van der Waals surface area (Å²) in [6.07, 6.45) is 2.43. The van der Waals surface area contributed by atoms with E-state index in [1.165, 1.54) is 0 Å². The van der Waals surface area contributed by atoms with E-state index in [2.05, 4.69) is 5.32 Å². The zero-order chi connectivity index (χ0) is 17.1. The zero-order valence-corrected chi connectivity index (χ0v) is 13.6. The van der Waals surface area contributed by atoms with Crippen LogP contribution in [-0.2, 0) is 16.0 Å². The third kappa shape index (κ3) is 3.35. The number of carbonyl (C=O) groups is 2. The third-order valence-electron chi connectivity index (χ3n) is 4.71. The van der Waals surface area contributed by atoms with E-state index in [1.54, 1.807) is 7.11 Å². The Balaban J connectivity index is 1.77. The Morgan fingerprint density at radius 2 is 2.08 bits per heavy atom. The number of nitrogens with one attached hydrogen (secondary N) is 1. The molecule has 1 aliphatic carbocycles. The fourth-order valence-electron chi connectivity index (χ4n) is 3.46. The maximum absolute atomic E-state index is 12.4. The Morgan fingerprint density at radius 3 is 2.83 bits per heavy atom. The quantitative estimate of drug-likeness (QED) is 0.885. The van der Waals surface area contributed by atoms with E-state index in [9.17, 15) is 14.7 Å². The minimum atomic E-state index is -0.826. The van der Waals surface area contributed by atoms with Crippen molar-refractivity contribution in [2.24, 2.45) is 5.92 Å². The van der Waals surface area contributed by atoms with Crippen LogP contribution in [0, 0.1) is 5.92 Å². The van der Waals surface area contributed by atoms with Gasteiger partial charge in [-0.3, -0.25) is 9.59 Å². The van der Waals surface area contributed by atoms with Gasteiger partial charge in [-0.2, -0.15) is 0 Å². The van der Waals surface area contributed by atoms with Crippen LogP contribution >= 0.6 is 0 Å². The lowest BCUT2D eigenvalue weighted by Gasteiger charge is -2.18. The number of ether oxygens (including phenoxy) is 1. The Morgan fingerprint density at radius 1 is 1.25 bits per heavy atom. The van der Waals surface area contributed by atoms with E-state index < -0.39 is 11.9 Å². The van der Waals surface area contributed by atoms with Crippen LogP contribution in [0.2, 0.25) is 0 Å². The lowest BCUT2D eigenvalue weighted by molar-refractivity contribution is -0.142. The van der Waals surface area contributed by atoms with E-state index in [1.807, 2.05) is 36.4 Å². The summed E-state index contributed by atoms with van der Waals surface area (Å²) in [4.78, 5) is 23.6. The van der Waals surface area contributed by atoms with Crippen molar-refractivity contribution in [2.45, 2.75) is 31.7 Å². The summed E-state index contributed by atoms with van der Waals surface area (Å²) in [6, 6.07) is 11.4. The van der Waals surface area contributed by atoms with Crippen molar-refractivity contribution in [1.82, 2.24) is 5.32 Å². The molecule has 2 aromatic rings. The van der Waals surface area contributed by atoms with Crippen LogP contribution in [0.25, 0.3) is 10.8 Å². The zero-order valence-electron chi connectivity index (χ0n) is 13.6. The van der Waals surface area contributed by atoms with Crippen molar-refractivity contribution >= 4 is 22.6 Å². The van der Waals surface area contributed by atoms with Crippen molar-refractivity contribution in [1.29, 1.82) is 0 Å². The molecule has 5 heteroatoms. The highest BCUT2D eigenvalue weighted by molar-refractivity contribution is 5.91. The van der Waals surface area contributed by atoms with E-state index in [4.69, 9.17) is 4.74 Å². The van der Waals surface area contributed by atoms with Crippen LogP contribution in [0.5, 0.6) is 5.75 Å². The highest BCUT2D eigenvalue weighted by Gasteiger charge is 2.33. The molecule has 2 aromatic carbocycles. The summed E-state index contributed by atoms with van der Waals surface area (Å²) in [7, 11) is 1.61. The average Bonchev–Trinajstić information content (AvgIpc) is 3.03. The fourth-order valence-corrected chi connectivity index (χ4v) is 3.46. The van der Waals surface area contributed by atoms with Gasteiger partial charge in [0.15, 0.2) is 0 Å². The van der Waals surface area contributed by atoms with Gasteiger partial charge in [0.05, 0.1) is 19.4 Å². The SMILES string of the molecule is COc1ccc2cccc(CC(=O)N[C@@H]3CCC[C@@H]3C(=O)O)c2c1. The molecule has 24 heavy (non-hydrogen) atoms. The first kappa shape index (κ1) is 16.3. The topological polar surface area (TPSA) is 75.6 Å². The average molecular weight is 327 g/mol.